The molecule has 108 valence electrons. The first-order chi connectivity index (χ1) is 9.32. The molecule has 0 saturated carbocycles. The van der Waals surface area contributed by atoms with Crippen molar-refractivity contribution in [2.45, 2.75) is 31.1 Å². The molecule has 4 atom stereocenters. The molecular weight excluding hydrogens is 272 g/mol. The van der Waals surface area contributed by atoms with Crippen LogP contribution in [-0.2, 0) is 4.74 Å². The number of aliphatic hydroxyl groups is 1. The van der Waals surface area contributed by atoms with Gasteiger partial charge in [-0.2, -0.15) is 4.98 Å². The number of halogens is 2. The molecule has 2 heterocycles. The van der Waals surface area contributed by atoms with Crippen molar-refractivity contribution in [3.8, 4) is 12.3 Å². The maximum atomic E-state index is 14.1. The Labute approximate surface area is 113 Å². The van der Waals surface area contributed by atoms with Gasteiger partial charge in [-0.15, -0.1) is 6.42 Å². The van der Waals surface area contributed by atoms with Crippen molar-refractivity contribution >= 4 is 5.82 Å². The van der Waals surface area contributed by atoms with Gasteiger partial charge in [0.05, 0.1) is 12.2 Å². The molecular formula is C12H13F2N3O3. The number of rotatable bonds is 2. The third-order valence-corrected chi connectivity index (χ3v) is 3.30. The van der Waals surface area contributed by atoms with E-state index in [1.54, 1.807) is 0 Å². The predicted molar refractivity (Wildman–Crippen MR) is 66.2 cm³/mol. The van der Waals surface area contributed by atoms with Gasteiger partial charge in [0.1, 0.15) is 11.9 Å². The Hall–Kier alpha value is -1.98. The molecule has 0 aliphatic carbocycles. The Morgan fingerprint density at radius 3 is 2.90 bits per heavy atom. The number of hydrogen-bond donors (Lipinski definition) is 2. The zero-order valence-electron chi connectivity index (χ0n) is 10.6. The van der Waals surface area contributed by atoms with E-state index < -0.39 is 36.5 Å². The molecule has 20 heavy (non-hydrogen) atoms. The Balaban J connectivity index is 2.49. The van der Waals surface area contributed by atoms with Gasteiger partial charge in [0.2, 0.25) is 0 Å². The number of alkyl halides is 2. The van der Waals surface area contributed by atoms with Crippen molar-refractivity contribution in [2.75, 3.05) is 12.3 Å². The molecule has 1 saturated heterocycles. The number of nitrogen functional groups attached to an aromatic ring is 1. The van der Waals surface area contributed by atoms with Crippen LogP contribution in [0.5, 0.6) is 0 Å². The first kappa shape index (κ1) is 14.4. The van der Waals surface area contributed by atoms with Gasteiger partial charge in [0.25, 0.3) is 0 Å². The number of anilines is 1. The minimum absolute atomic E-state index is 0.0633. The van der Waals surface area contributed by atoms with Crippen LogP contribution < -0.4 is 11.4 Å². The highest BCUT2D eigenvalue weighted by atomic mass is 19.2. The number of ether oxygens (including phenoxy) is 1. The SMILES string of the molecule is C#Cc1cn(C2OC(CO)C(C)(F)C2F)c(=O)nc1N. The summed E-state index contributed by atoms with van der Waals surface area (Å²) in [6.45, 7) is 0.236. The van der Waals surface area contributed by atoms with Crippen LogP contribution in [0.1, 0.15) is 18.7 Å². The van der Waals surface area contributed by atoms with Crippen LogP contribution in [0.2, 0.25) is 0 Å². The summed E-state index contributed by atoms with van der Waals surface area (Å²) in [6.07, 6.45) is 1.15. The maximum Gasteiger partial charge on any atom is 0.351 e. The van der Waals surface area contributed by atoms with E-state index >= 15 is 0 Å². The van der Waals surface area contributed by atoms with Crippen LogP contribution in [0, 0.1) is 12.3 Å². The summed E-state index contributed by atoms with van der Waals surface area (Å²) >= 11 is 0. The number of terminal acetylenes is 1. The second-order valence-corrected chi connectivity index (χ2v) is 4.62. The summed E-state index contributed by atoms with van der Waals surface area (Å²) < 4.78 is 34.1. The minimum Gasteiger partial charge on any atom is -0.394 e. The molecule has 2 rings (SSSR count). The number of nitrogens with two attached hydrogens (primary N) is 1. The quantitative estimate of drug-likeness (QED) is 0.732. The molecule has 0 radical (unpaired) electrons. The minimum atomic E-state index is -2.43. The fraction of sp³-hybridized carbons (Fsp3) is 0.500. The lowest BCUT2D eigenvalue weighted by Crippen LogP contribution is -2.40. The largest absolute Gasteiger partial charge is 0.394 e. The first-order valence-electron chi connectivity index (χ1n) is 5.77. The molecule has 4 unspecified atom stereocenters. The Morgan fingerprint density at radius 1 is 1.75 bits per heavy atom. The second-order valence-electron chi connectivity index (χ2n) is 4.62. The summed E-state index contributed by atoms with van der Waals surface area (Å²) in [5.74, 6) is 2.00. The molecule has 1 aromatic rings. The van der Waals surface area contributed by atoms with Crippen molar-refractivity contribution in [2.24, 2.45) is 0 Å². The van der Waals surface area contributed by atoms with Gasteiger partial charge in [0.15, 0.2) is 18.1 Å². The van der Waals surface area contributed by atoms with Gasteiger partial charge in [-0.25, -0.2) is 13.6 Å². The van der Waals surface area contributed by atoms with Gasteiger partial charge < -0.3 is 15.6 Å². The van der Waals surface area contributed by atoms with Crippen molar-refractivity contribution < 1.29 is 18.6 Å². The van der Waals surface area contributed by atoms with Gasteiger partial charge in [0, 0.05) is 6.20 Å². The van der Waals surface area contributed by atoms with Crippen molar-refractivity contribution in [3.05, 3.63) is 22.2 Å². The van der Waals surface area contributed by atoms with Crippen LogP contribution >= 0.6 is 0 Å². The standard InChI is InChI=1S/C12H13F2N3O3/c1-3-6-4-17(11(19)16-9(6)15)10-8(13)12(2,14)7(5-18)20-10/h1,4,7-8,10,18H,5H2,2H3,(H2,15,16,19). The third-order valence-electron chi connectivity index (χ3n) is 3.30. The molecule has 1 fully saturated rings. The predicted octanol–water partition coefficient (Wildman–Crippen LogP) is -0.237. The molecule has 1 aromatic heterocycles. The lowest BCUT2D eigenvalue weighted by atomic mass is 9.98. The van der Waals surface area contributed by atoms with Crippen molar-refractivity contribution in [1.29, 1.82) is 0 Å². The Kier molecular flexibility index (Phi) is 3.50. The van der Waals surface area contributed by atoms with E-state index in [9.17, 15) is 13.6 Å². The molecule has 3 N–H and O–H groups in total. The van der Waals surface area contributed by atoms with Crippen LogP contribution in [0.25, 0.3) is 0 Å². The van der Waals surface area contributed by atoms with E-state index in [-0.39, 0.29) is 11.4 Å². The molecule has 8 heteroatoms. The van der Waals surface area contributed by atoms with Gasteiger partial charge in [-0.05, 0) is 6.92 Å². The van der Waals surface area contributed by atoms with Crippen LogP contribution in [0.3, 0.4) is 0 Å². The molecule has 0 bridgehead atoms. The van der Waals surface area contributed by atoms with Crippen molar-refractivity contribution in [1.82, 2.24) is 9.55 Å². The normalized spacial score (nSPS) is 33.0. The summed E-state index contributed by atoms with van der Waals surface area (Å²) in [5.41, 5.74) is 2.14. The summed E-state index contributed by atoms with van der Waals surface area (Å²) in [6, 6.07) is 0. The summed E-state index contributed by atoms with van der Waals surface area (Å²) in [5, 5.41) is 9.01. The van der Waals surface area contributed by atoms with Gasteiger partial charge in [-0.3, -0.25) is 4.57 Å². The van der Waals surface area contributed by atoms with Crippen LogP contribution in [0.4, 0.5) is 14.6 Å². The Bertz CT molecular complexity index is 623. The highest BCUT2D eigenvalue weighted by Gasteiger charge is 2.56. The molecule has 0 spiro atoms. The van der Waals surface area contributed by atoms with Crippen molar-refractivity contribution in [3.63, 3.8) is 0 Å². The molecule has 0 aromatic carbocycles. The lowest BCUT2D eigenvalue weighted by molar-refractivity contribution is -0.0532. The highest BCUT2D eigenvalue weighted by molar-refractivity contribution is 5.47. The fourth-order valence-electron chi connectivity index (χ4n) is 2.03. The maximum absolute atomic E-state index is 14.1. The van der Waals surface area contributed by atoms with E-state index in [2.05, 4.69) is 10.9 Å². The summed E-state index contributed by atoms with van der Waals surface area (Å²) in [4.78, 5) is 15.2. The third kappa shape index (κ3) is 2.05. The zero-order chi connectivity index (χ0) is 15.1. The topological polar surface area (TPSA) is 90.4 Å². The fourth-order valence-corrected chi connectivity index (χ4v) is 2.03. The molecule has 0 amide bonds. The average Bonchev–Trinajstić information content (AvgIpc) is 2.61. The molecule has 1 aliphatic rings. The lowest BCUT2D eigenvalue weighted by Gasteiger charge is -2.20. The first-order valence-corrected chi connectivity index (χ1v) is 5.77. The average molecular weight is 285 g/mol. The van der Waals surface area contributed by atoms with Crippen LogP contribution in [-0.4, -0.2) is 39.2 Å². The molecule has 6 nitrogen and oxygen atoms in total. The van der Waals surface area contributed by atoms with E-state index in [1.165, 1.54) is 0 Å². The number of aliphatic hydroxyl groups excluding tert-OH is 1. The van der Waals surface area contributed by atoms with Crippen LogP contribution in [0.15, 0.2) is 11.0 Å². The smallest absolute Gasteiger partial charge is 0.351 e. The van der Waals surface area contributed by atoms with E-state index in [0.29, 0.717) is 0 Å². The van der Waals surface area contributed by atoms with Gasteiger partial charge >= 0.3 is 5.69 Å². The van der Waals surface area contributed by atoms with E-state index in [4.69, 9.17) is 22.0 Å². The van der Waals surface area contributed by atoms with E-state index in [1.807, 2.05) is 0 Å². The zero-order valence-corrected chi connectivity index (χ0v) is 10.6. The Morgan fingerprint density at radius 2 is 2.40 bits per heavy atom. The highest BCUT2D eigenvalue weighted by Crippen LogP contribution is 2.41. The van der Waals surface area contributed by atoms with Gasteiger partial charge in [-0.1, -0.05) is 5.92 Å². The summed E-state index contributed by atoms with van der Waals surface area (Å²) in [7, 11) is 0. The van der Waals surface area contributed by atoms with E-state index in [0.717, 1.165) is 17.7 Å². The second kappa shape index (κ2) is 4.85. The molecule has 1 aliphatic heterocycles. The monoisotopic (exact) mass is 285 g/mol. The number of hydrogen-bond acceptors (Lipinski definition) is 5. The number of aromatic nitrogens is 2. The number of nitrogens with zero attached hydrogens (tertiary/aromatic N) is 2.